The maximum atomic E-state index is 5.98. The summed E-state index contributed by atoms with van der Waals surface area (Å²) in [6, 6.07) is 0.283. The molecule has 2 aliphatic rings. The van der Waals surface area contributed by atoms with Gasteiger partial charge in [-0.2, -0.15) is 4.98 Å². The fourth-order valence-electron chi connectivity index (χ4n) is 2.26. The summed E-state index contributed by atoms with van der Waals surface area (Å²) in [5, 5.41) is 4.01. The van der Waals surface area contributed by atoms with Crippen LogP contribution in [0, 0.1) is 5.92 Å². The summed E-state index contributed by atoms with van der Waals surface area (Å²) in [5.74, 6) is 2.76. The van der Waals surface area contributed by atoms with E-state index in [1.165, 1.54) is 12.8 Å². The summed E-state index contributed by atoms with van der Waals surface area (Å²) in [7, 11) is 0. The van der Waals surface area contributed by atoms with Crippen molar-refractivity contribution in [1.82, 2.24) is 15.0 Å². The molecule has 0 aromatic carbocycles. The summed E-state index contributed by atoms with van der Waals surface area (Å²) in [4.78, 5) is 6.72. The van der Waals surface area contributed by atoms with Gasteiger partial charge in [0.2, 0.25) is 5.89 Å². The third kappa shape index (κ3) is 1.97. The minimum atomic E-state index is 0.283. The first kappa shape index (κ1) is 10.2. The highest BCUT2D eigenvalue weighted by Crippen LogP contribution is 2.38. The average Bonchev–Trinajstić information content (AvgIpc) is 2.92. The molecule has 88 valence electrons. The number of aromatic nitrogens is 2. The molecule has 1 aliphatic carbocycles. The highest BCUT2D eigenvalue weighted by atomic mass is 16.5. The van der Waals surface area contributed by atoms with E-state index >= 15 is 0 Å². The van der Waals surface area contributed by atoms with Gasteiger partial charge in [-0.25, -0.2) is 0 Å². The first-order valence-corrected chi connectivity index (χ1v) is 6.03. The van der Waals surface area contributed by atoms with Gasteiger partial charge in [-0.1, -0.05) is 12.1 Å². The van der Waals surface area contributed by atoms with Crippen LogP contribution in [-0.2, 0) is 6.54 Å². The zero-order valence-corrected chi connectivity index (χ0v) is 9.59. The van der Waals surface area contributed by atoms with Crippen molar-refractivity contribution in [2.75, 3.05) is 13.1 Å². The van der Waals surface area contributed by atoms with Crippen molar-refractivity contribution in [2.45, 2.75) is 38.3 Å². The van der Waals surface area contributed by atoms with Crippen LogP contribution in [0.5, 0.6) is 0 Å². The Labute approximate surface area is 95.0 Å². The molecular formula is C11H18N4O. The molecule has 5 nitrogen and oxygen atoms in total. The number of hydrogen-bond donors (Lipinski definition) is 1. The van der Waals surface area contributed by atoms with Gasteiger partial charge in [-0.05, 0) is 18.8 Å². The number of likely N-dealkylation sites (tertiary alicyclic amines) is 1. The largest absolute Gasteiger partial charge is 0.338 e. The summed E-state index contributed by atoms with van der Waals surface area (Å²) in [5.41, 5.74) is 5.98. The van der Waals surface area contributed by atoms with Gasteiger partial charge in [-0.15, -0.1) is 0 Å². The third-order valence-electron chi connectivity index (χ3n) is 3.53. The average molecular weight is 222 g/mol. The van der Waals surface area contributed by atoms with Gasteiger partial charge in [0.1, 0.15) is 0 Å². The fourth-order valence-corrected chi connectivity index (χ4v) is 2.26. The van der Waals surface area contributed by atoms with Crippen molar-refractivity contribution in [2.24, 2.45) is 11.7 Å². The van der Waals surface area contributed by atoms with Gasteiger partial charge >= 0.3 is 0 Å². The van der Waals surface area contributed by atoms with Crippen LogP contribution in [0.4, 0.5) is 0 Å². The van der Waals surface area contributed by atoms with Crippen molar-refractivity contribution in [3.8, 4) is 0 Å². The van der Waals surface area contributed by atoms with Gasteiger partial charge in [0, 0.05) is 25.0 Å². The molecule has 2 N–H and O–H groups in total. The standard InChI is InChI=1S/C11H18N4O/c1-7-4-15(5-9(7)12)6-10-13-11(14-16-10)8-2-3-8/h7-9H,2-6,12H2,1H3. The smallest absolute Gasteiger partial charge is 0.240 e. The normalized spacial score (nSPS) is 31.1. The van der Waals surface area contributed by atoms with Crippen LogP contribution in [0.1, 0.15) is 37.4 Å². The lowest BCUT2D eigenvalue weighted by Crippen LogP contribution is -2.28. The Morgan fingerprint density at radius 3 is 2.88 bits per heavy atom. The van der Waals surface area contributed by atoms with Crippen LogP contribution in [0.15, 0.2) is 4.52 Å². The van der Waals surface area contributed by atoms with Gasteiger partial charge in [0.05, 0.1) is 6.54 Å². The molecule has 2 atom stereocenters. The Morgan fingerprint density at radius 2 is 2.25 bits per heavy atom. The lowest BCUT2D eigenvalue weighted by Gasteiger charge is -2.11. The first-order valence-electron chi connectivity index (χ1n) is 6.03. The molecule has 0 radical (unpaired) electrons. The van der Waals surface area contributed by atoms with Crippen LogP contribution in [-0.4, -0.2) is 34.2 Å². The van der Waals surface area contributed by atoms with Crippen molar-refractivity contribution in [3.05, 3.63) is 11.7 Å². The van der Waals surface area contributed by atoms with E-state index in [9.17, 15) is 0 Å². The molecule has 1 saturated heterocycles. The lowest BCUT2D eigenvalue weighted by atomic mass is 10.1. The molecule has 1 aromatic heterocycles. The van der Waals surface area contributed by atoms with Crippen LogP contribution >= 0.6 is 0 Å². The minimum Gasteiger partial charge on any atom is -0.338 e. The van der Waals surface area contributed by atoms with Gasteiger partial charge in [0.25, 0.3) is 0 Å². The SMILES string of the molecule is CC1CN(Cc2nc(C3CC3)no2)CC1N. The molecule has 3 rings (SSSR count). The Bertz CT molecular complexity index is 364. The molecule has 16 heavy (non-hydrogen) atoms. The molecule has 0 bridgehead atoms. The number of hydrogen-bond acceptors (Lipinski definition) is 5. The van der Waals surface area contributed by atoms with Crippen LogP contribution < -0.4 is 5.73 Å². The summed E-state index contributed by atoms with van der Waals surface area (Å²) < 4.78 is 5.25. The lowest BCUT2D eigenvalue weighted by molar-refractivity contribution is 0.260. The van der Waals surface area contributed by atoms with Crippen molar-refractivity contribution in [1.29, 1.82) is 0 Å². The molecule has 0 amide bonds. The van der Waals surface area contributed by atoms with Crippen LogP contribution in [0.25, 0.3) is 0 Å². The van der Waals surface area contributed by atoms with E-state index in [4.69, 9.17) is 10.3 Å². The Balaban J connectivity index is 1.61. The van der Waals surface area contributed by atoms with Crippen molar-refractivity contribution >= 4 is 0 Å². The summed E-state index contributed by atoms with van der Waals surface area (Å²) in [6.07, 6.45) is 2.43. The first-order chi connectivity index (χ1) is 7.72. The molecular weight excluding hydrogens is 204 g/mol. The zero-order chi connectivity index (χ0) is 11.1. The second-order valence-corrected chi connectivity index (χ2v) is 5.16. The monoisotopic (exact) mass is 222 g/mol. The van der Waals surface area contributed by atoms with Gasteiger partial charge in [-0.3, -0.25) is 4.90 Å². The van der Waals surface area contributed by atoms with Gasteiger partial charge in [0.15, 0.2) is 5.82 Å². The third-order valence-corrected chi connectivity index (χ3v) is 3.53. The van der Waals surface area contributed by atoms with E-state index in [0.717, 1.165) is 31.3 Å². The fraction of sp³-hybridized carbons (Fsp3) is 0.818. The molecule has 2 heterocycles. The highest BCUT2D eigenvalue weighted by molar-refractivity contribution is 5.03. The van der Waals surface area contributed by atoms with E-state index in [1.807, 2.05) is 0 Å². The highest BCUT2D eigenvalue weighted by Gasteiger charge is 2.30. The van der Waals surface area contributed by atoms with Crippen molar-refractivity contribution in [3.63, 3.8) is 0 Å². The molecule has 1 saturated carbocycles. The summed E-state index contributed by atoms with van der Waals surface area (Å²) in [6.45, 7) is 4.90. The maximum Gasteiger partial charge on any atom is 0.240 e. The van der Waals surface area contributed by atoms with E-state index in [2.05, 4.69) is 22.0 Å². The molecule has 2 unspecified atom stereocenters. The van der Waals surface area contributed by atoms with Gasteiger partial charge < -0.3 is 10.3 Å². The van der Waals surface area contributed by atoms with Crippen molar-refractivity contribution < 1.29 is 4.52 Å². The summed E-state index contributed by atoms with van der Waals surface area (Å²) >= 11 is 0. The topological polar surface area (TPSA) is 68.2 Å². The zero-order valence-electron chi connectivity index (χ0n) is 9.59. The van der Waals surface area contributed by atoms with E-state index < -0.39 is 0 Å². The number of nitrogens with two attached hydrogens (primary N) is 1. The van der Waals surface area contributed by atoms with Crippen LogP contribution in [0.3, 0.4) is 0 Å². The Morgan fingerprint density at radius 1 is 1.44 bits per heavy atom. The Kier molecular flexibility index (Phi) is 2.44. The van der Waals surface area contributed by atoms with Crippen LogP contribution in [0.2, 0.25) is 0 Å². The second-order valence-electron chi connectivity index (χ2n) is 5.16. The minimum absolute atomic E-state index is 0.283. The van der Waals surface area contributed by atoms with E-state index in [0.29, 0.717) is 11.8 Å². The maximum absolute atomic E-state index is 5.98. The Hall–Kier alpha value is -0.940. The molecule has 0 spiro atoms. The number of nitrogens with zero attached hydrogens (tertiary/aromatic N) is 3. The van der Waals surface area contributed by atoms with E-state index in [-0.39, 0.29) is 6.04 Å². The molecule has 5 heteroatoms. The second kappa shape index (κ2) is 3.82. The van der Waals surface area contributed by atoms with E-state index in [1.54, 1.807) is 0 Å². The predicted molar refractivity (Wildman–Crippen MR) is 58.7 cm³/mol. The molecule has 1 aromatic rings. The molecule has 1 aliphatic heterocycles. The number of rotatable bonds is 3. The quantitative estimate of drug-likeness (QED) is 0.816. The molecule has 2 fully saturated rings. The predicted octanol–water partition coefficient (Wildman–Crippen LogP) is 0.726.